The molecule has 4 heteroatoms. The second kappa shape index (κ2) is 5.46. The van der Waals surface area contributed by atoms with Crippen LogP contribution in [0, 0.1) is 0 Å². The number of rotatable bonds is 4. The lowest BCUT2D eigenvalue weighted by Gasteiger charge is -2.25. The third kappa shape index (κ3) is 2.62. The van der Waals surface area contributed by atoms with Gasteiger partial charge in [-0.3, -0.25) is 4.79 Å². The van der Waals surface area contributed by atoms with Crippen LogP contribution in [-0.4, -0.2) is 24.3 Å². The Balaban J connectivity index is 3.04. The zero-order valence-corrected chi connectivity index (χ0v) is 11.0. The molecule has 0 aromatic heterocycles. The van der Waals surface area contributed by atoms with Crippen LogP contribution in [0.4, 0.5) is 0 Å². The topological polar surface area (TPSA) is 46.5 Å². The van der Waals surface area contributed by atoms with E-state index >= 15 is 0 Å². The largest absolute Gasteiger partial charge is 0.465 e. The van der Waals surface area contributed by atoms with E-state index in [1.165, 1.54) is 0 Å². The Labute approximate surface area is 104 Å². The van der Waals surface area contributed by atoms with Gasteiger partial charge in [-0.1, -0.05) is 28.1 Å². The Morgan fingerprint density at radius 1 is 1.44 bits per heavy atom. The van der Waals surface area contributed by atoms with E-state index in [1.54, 1.807) is 26.0 Å². The predicted molar refractivity (Wildman–Crippen MR) is 65.2 cm³/mol. The molecule has 0 amide bonds. The molecular weight excluding hydrogens is 272 g/mol. The van der Waals surface area contributed by atoms with E-state index in [0.29, 0.717) is 6.61 Å². The fourth-order valence-corrected chi connectivity index (χ4v) is 1.65. The van der Waals surface area contributed by atoms with Gasteiger partial charge >= 0.3 is 5.97 Å². The van der Waals surface area contributed by atoms with Gasteiger partial charge in [0, 0.05) is 4.47 Å². The van der Waals surface area contributed by atoms with Crippen LogP contribution in [0.1, 0.15) is 19.4 Å². The maximum atomic E-state index is 11.8. The standard InChI is InChI=1S/C12H15BrO3/c1-3-16-11(15)12(2,8-14)9-4-6-10(13)7-5-9/h4-7,14H,3,8H2,1-2H3. The van der Waals surface area contributed by atoms with Gasteiger partial charge in [-0.25, -0.2) is 0 Å². The number of benzene rings is 1. The molecule has 0 aliphatic heterocycles. The van der Waals surface area contributed by atoms with Crippen LogP contribution in [0.15, 0.2) is 28.7 Å². The molecule has 3 nitrogen and oxygen atoms in total. The van der Waals surface area contributed by atoms with Crippen LogP contribution < -0.4 is 0 Å². The van der Waals surface area contributed by atoms with E-state index in [9.17, 15) is 9.90 Å². The lowest BCUT2D eigenvalue weighted by Crippen LogP contribution is -2.38. The highest BCUT2D eigenvalue weighted by molar-refractivity contribution is 9.10. The fourth-order valence-electron chi connectivity index (χ4n) is 1.38. The molecule has 0 saturated carbocycles. The Bertz CT molecular complexity index is 361. The molecular formula is C12H15BrO3. The van der Waals surface area contributed by atoms with E-state index in [2.05, 4.69) is 15.9 Å². The number of carbonyl (C=O) groups is 1. The molecule has 0 radical (unpaired) electrons. The average Bonchev–Trinajstić information content (AvgIpc) is 2.29. The molecule has 0 aliphatic rings. The third-order valence-corrected chi connectivity index (χ3v) is 3.05. The predicted octanol–water partition coefficient (Wildman–Crippen LogP) is 2.26. The summed E-state index contributed by atoms with van der Waals surface area (Å²) in [5.41, 5.74) is -0.242. The summed E-state index contributed by atoms with van der Waals surface area (Å²) >= 11 is 3.32. The number of ether oxygens (including phenoxy) is 1. The number of aliphatic hydroxyl groups is 1. The van der Waals surface area contributed by atoms with Crippen LogP contribution >= 0.6 is 15.9 Å². The highest BCUT2D eigenvalue weighted by Crippen LogP contribution is 2.26. The van der Waals surface area contributed by atoms with Gasteiger partial charge in [0.15, 0.2) is 0 Å². The summed E-state index contributed by atoms with van der Waals surface area (Å²) in [4.78, 5) is 11.8. The molecule has 1 rings (SSSR count). The minimum Gasteiger partial charge on any atom is -0.465 e. The van der Waals surface area contributed by atoms with Crippen LogP contribution in [0.25, 0.3) is 0 Å². The molecule has 0 heterocycles. The van der Waals surface area contributed by atoms with Crippen molar-refractivity contribution in [2.75, 3.05) is 13.2 Å². The first kappa shape index (κ1) is 13.2. The SMILES string of the molecule is CCOC(=O)C(C)(CO)c1ccc(Br)cc1. The highest BCUT2D eigenvalue weighted by Gasteiger charge is 2.36. The maximum absolute atomic E-state index is 11.8. The minimum atomic E-state index is -0.989. The van der Waals surface area contributed by atoms with Gasteiger partial charge in [0.1, 0.15) is 5.41 Å². The Kier molecular flexibility index (Phi) is 4.50. The van der Waals surface area contributed by atoms with Crippen LogP contribution in [0.5, 0.6) is 0 Å². The molecule has 0 spiro atoms. The van der Waals surface area contributed by atoms with Crippen LogP contribution in [-0.2, 0) is 14.9 Å². The van der Waals surface area contributed by atoms with Crippen molar-refractivity contribution < 1.29 is 14.6 Å². The quantitative estimate of drug-likeness (QED) is 0.864. The summed E-state index contributed by atoms with van der Waals surface area (Å²) < 4.78 is 5.90. The van der Waals surface area contributed by atoms with Crippen LogP contribution in [0.3, 0.4) is 0 Å². The molecule has 1 aromatic carbocycles. The van der Waals surface area contributed by atoms with E-state index < -0.39 is 11.4 Å². The van der Waals surface area contributed by atoms with Crippen molar-refractivity contribution in [1.29, 1.82) is 0 Å². The second-order valence-electron chi connectivity index (χ2n) is 3.72. The molecule has 1 aromatic rings. The highest BCUT2D eigenvalue weighted by atomic mass is 79.9. The number of carbonyl (C=O) groups excluding carboxylic acids is 1. The van der Waals surface area contributed by atoms with Gasteiger partial charge in [-0.05, 0) is 31.5 Å². The third-order valence-electron chi connectivity index (χ3n) is 2.52. The fraction of sp³-hybridized carbons (Fsp3) is 0.417. The van der Waals surface area contributed by atoms with Crippen molar-refractivity contribution >= 4 is 21.9 Å². The Hall–Kier alpha value is -0.870. The first-order valence-electron chi connectivity index (χ1n) is 5.08. The zero-order chi connectivity index (χ0) is 12.2. The molecule has 16 heavy (non-hydrogen) atoms. The number of hydrogen-bond acceptors (Lipinski definition) is 3. The molecule has 1 unspecified atom stereocenters. The van der Waals surface area contributed by atoms with Crippen LogP contribution in [0.2, 0.25) is 0 Å². The number of esters is 1. The number of aliphatic hydroxyl groups excluding tert-OH is 1. The summed E-state index contributed by atoms with van der Waals surface area (Å²) in [6.45, 7) is 3.46. The van der Waals surface area contributed by atoms with E-state index in [0.717, 1.165) is 10.0 Å². The summed E-state index contributed by atoms with van der Waals surface area (Å²) in [5.74, 6) is -0.403. The van der Waals surface area contributed by atoms with Gasteiger partial charge in [0.25, 0.3) is 0 Å². The summed E-state index contributed by atoms with van der Waals surface area (Å²) in [7, 11) is 0. The normalized spacial score (nSPS) is 14.2. The van der Waals surface area contributed by atoms with Gasteiger partial charge < -0.3 is 9.84 Å². The average molecular weight is 287 g/mol. The van der Waals surface area contributed by atoms with Crippen molar-refractivity contribution in [2.24, 2.45) is 0 Å². The van der Waals surface area contributed by atoms with Crippen molar-refractivity contribution in [3.05, 3.63) is 34.3 Å². The molecule has 88 valence electrons. The van der Waals surface area contributed by atoms with Crippen molar-refractivity contribution in [3.63, 3.8) is 0 Å². The molecule has 0 bridgehead atoms. The number of halogens is 1. The molecule has 1 atom stereocenters. The smallest absolute Gasteiger partial charge is 0.318 e. The lowest BCUT2D eigenvalue weighted by atomic mass is 9.83. The molecule has 0 saturated heterocycles. The number of hydrogen-bond donors (Lipinski definition) is 1. The van der Waals surface area contributed by atoms with E-state index in [1.807, 2.05) is 12.1 Å². The van der Waals surface area contributed by atoms with Gasteiger partial charge in [-0.2, -0.15) is 0 Å². The Morgan fingerprint density at radius 3 is 2.44 bits per heavy atom. The van der Waals surface area contributed by atoms with Gasteiger partial charge in [0.05, 0.1) is 13.2 Å². The van der Waals surface area contributed by atoms with Crippen molar-refractivity contribution in [3.8, 4) is 0 Å². The summed E-state index contributed by atoms with van der Waals surface area (Å²) in [6.07, 6.45) is 0. The summed E-state index contributed by atoms with van der Waals surface area (Å²) in [6, 6.07) is 7.28. The van der Waals surface area contributed by atoms with Gasteiger partial charge in [-0.15, -0.1) is 0 Å². The zero-order valence-electron chi connectivity index (χ0n) is 9.37. The first-order chi connectivity index (χ1) is 7.54. The van der Waals surface area contributed by atoms with E-state index in [4.69, 9.17) is 4.74 Å². The molecule has 0 aliphatic carbocycles. The molecule has 1 N–H and O–H groups in total. The Morgan fingerprint density at radius 2 is 2.00 bits per heavy atom. The monoisotopic (exact) mass is 286 g/mol. The second-order valence-corrected chi connectivity index (χ2v) is 4.63. The lowest BCUT2D eigenvalue weighted by molar-refractivity contribution is -0.151. The maximum Gasteiger partial charge on any atom is 0.318 e. The van der Waals surface area contributed by atoms with E-state index in [-0.39, 0.29) is 6.61 Å². The molecule has 0 fully saturated rings. The van der Waals surface area contributed by atoms with Crippen molar-refractivity contribution in [2.45, 2.75) is 19.3 Å². The van der Waals surface area contributed by atoms with Crippen molar-refractivity contribution in [1.82, 2.24) is 0 Å². The summed E-state index contributed by atoms with van der Waals surface area (Å²) in [5, 5.41) is 9.39. The minimum absolute atomic E-state index is 0.270. The first-order valence-corrected chi connectivity index (χ1v) is 5.88. The van der Waals surface area contributed by atoms with Gasteiger partial charge in [0.2, 0.25) is 0 Å².